The van der Waals surface area contributed by atoms with Gasteiger partial charge in [0.1, 0.15) is 0 Å². The van der Waals surface area contributed by atoms with Gasteiger partial charge in [0.2, 0.25) is 11.8 Å². The van der Waals surface area contributed by atoms with Crippen molar-refractivity contribution in [1.82, 2.24) is 5.32 Å². The first kappa shape index (κ1) is 17.0. The van der Waals surface area contributed by atoms with Crippen LogP contribution in [0.2, 0.25) is 0 Å². The summed E-state index contributed by atoms with van der Waals surface area (Å²) in [5, 5.41) is 12.1. The van der Waals surface area contributed by atoms with Crippen molar-refractivity contribution in [1.29, 1.82) is 0 Å². The van der Waals surface area contributed by atoms with E-state index in [0.29, 0.717) is 19.4 Å². The molecule has 128 valence electrons. The van der Waals surface area contributed by atoms with E-state index in [1.165, 1.54) is 0 Å². The minimum Gasteiger partial charge on any atom is -0.481 e. The van der Waals surface area contributed by atoms with Crippen LogP contribution in [0.3, 0.4) is 0 Å². The number of benzene rings is 1. The summed E-state index contributed by atoms with van der Waals surface area (Å²) < 4.78 is 0.871. The predicted molar refractivity (Wildman–Crippen MR) is 91.5 cm³/mol. The van der Waals surface area contributed by atoms with Crippen LogP contribution in [0, 0.1) is 11.8 Å². The van der Waals surface area contributed by atoms with Gasteiger partial charge in [-0.25, -0.2) is 0 Å². The molecule has 6 nitrogen and oxygen atoms in total. The average Bonchev–Trinajstić information content (AvgIpc) is 3.14. The molecule has 1 aliphatic carbocycles. The number of carboxylic acid groups (broad SMARTS) is 1. The fourth-order valence-corrected chi connectivity index (χ4v) is 3.89. The molecule has 1 aromatic carbocycles. The number of rotatable bonds is 4. The number of carbonyl (C=O) groups is 3. The summed E-state index contributed by atoms with van der Waals surface area (Å²) in [7, 11) is 0. The third kappa shape index (κ3) is 3.45. The Kier molecular flexibility index (Phi) is 4.89. The Morgan fingerprint density at radius 1 is 1.29 bits per heavy atom. The van der Waals surface area contributed by atoms with E-state index in [9.17, 15) is 19.5 Å². The van der Waals surface area contributed by atoms with E-state index in [1.54, 1.807) is 4.90 Å². The van der Waals surface area contributed by atoms with E-state index in [4.69, 9.17) is 0 Å². The maximum atomic E-state index is 12.5. The van der Waals surface area contributed by atoms with Crippen molar-refractivity contribution >= 4 is 39.4 Å². The lowest BCUT2D eigenvalue weighted by molar-refractivity contribution is -0.142. The van der Waals surface area contributed by atoms with E-state index in [1.807, 2.05) is 24.3 Å². The van der Waals surface area contributed by atoms with E-state index in [2.05, 4.69) is 21.2 Å². The Morgan fingerprint density at radius 2 is 2.08 bits per heavy atom. The van der Waals surface area contributed by atoms with Crippen LogP contribution in [0.25, 0.3) is 0 Å². The van der Waals surface area contributed by atoms with Gasteiger partial charge < -0.3 is 15.3 Å². The summed E-state index contributed by atoms with van der Waals surface area (Å²) in [6.07, 6.45) is 2.23. The molecule has 0 spiro atoms. The van der Waals surface area contributed by atoms with Crippen molar-refractivity contribution in [3.63, 3.8) is 0 Å². The van der Waals surface area contributed by atoms with E-state index < -0.39 is 17.8 Å². The first-order chi connectivity index (χ1) is 11.5. The lowest BCUT2D eigenvalue weighted by atomic mass is 10.0. The van der Waals surface area contributed by atoms with Crippen molar-refractivity contribution in [2.75, 3.05) is 11.4 Å². The van der Waals surface area contributed by atoms with Gasteiger partial charge in [-0.1, -0.05) is 28.4 Å². The number of nitrogens with one attached hydrogen (secondary N) is 1. The zero-order valence-electron chi connectivity index (χ0n) is 13.1. The molecule has 1 aromatic rings. The van der Waals surface area contributed by atoms with Gasteiger partial charge in [-0.05, 0) is 31.0 Å². The highest BCUT2D eigenvalue weighted by Gasteiger charge is 2.39. The molecule has 2 fully saturated rings. The Balaban J connectivity index is 1.65. The zero-order chi connectivity index (χ0) is 17.3. The van der Waals surface area contributed by atoms with Crippen molar-refractivity contribution in [3.8, 4) is 0 Å². The molecule has 2 amide bonds. The number of halogens is 1. The summed E-state index contributed by atoms with van der Waals surface area (Å²) in [5.74, 6) is -2.14. The van der Waals surface area contributed by atoms with Crippen LogP contribution in [0.5, 0.6) is 0 Å². The second-order valence-electron chi connectivity index (χ2n) is 6.38. The van der Waals surface area contributed by atoms with E-state index >= 15 is 0 Å². The molecule has 2 aliphatic rings. The summed E-state index contributed by atoms with van der Waals surface area (Å²) in [6.45, 7) is 0.325. The largest absolute Gasteiger partial charge is 0.481 e. The van der Waals surface area contributed by atoms with E-state index in [0.717, 1.165) is 16.6 Å². The number of aliphatic carboxylic acids is 1. The average molecular weight is 395 g/mol. The highest BCUT2D eigenvalue weighted by atomic mass is 79.9. The first-order valence-electron chi connectivity index (χ1n) is 8.05. The van der Waals surface area contributed by atoms with Crippen LogP contribution in [0.15, 0.2) is 28.7 Å². The van der Waals surface area contributed by atoms with E-state index in [-0.39, 0.29) is 24.3 Å². The number of amides is 2. The molecule has 7 heteroatoms. The monoisotopic (exact) mass is 394 g/mol. The van der Waals surface area contributed by atoms with Crippen LogP contribution in [-0.4, -0.2) is 35.5 Å². The van der Waals surface area contributed by atoms with Crippen molar-refractivity contribution < 1.29 is 19.5 Å². The minimum absolute atomic E-state index is 0.0885. The molecule has 1 saturated carbocycles. The van der Waals surface area contributed by atoms with Gasteiger partial charge in [0.25, 0.3) is 0 Å². The summed E-state index contributed by atoms with van der Waals surface area (Å²) >= 11 is 3.38. The lowest BCUT2D eigenvalue weighted by Crippen LogP contribution is -2.43. The summed E-state index contributed by atoms with van der Waals surface area (Å²) in [4.78, 5) is 37.5. The lowest BCUT2D eigenvalue weighted by Gasteiger charge is -2.20. The van der Waals surface area contributed by atoms with Crippen LogP contribution < -0.4 is 10.2 Å². The fraction of sp³-hybridized carbons (Fsp3) is 0.471. The number of carboxylic acids is 1. The number of anilines is 1. The molecule has 0 bridgehead atoms. The standard InChI is InChI=1S/C17H19BrN2O4/c18-11-3-1-4-12(8-11)20-9-10(7-15(20)21)16(22)19-14-6-2-5-13(14)17(23)24/h1,3-4,8,10,13-14H,2,5-7,9H2,(H,19,22)(H,23,24)/t10?,13-,14+/m1/s1. The second-order valence-corrected chi connectivity index (χ2v) is 7.29. The smallest absolute Gasteiger partial charge is 0.308 e. The van der Waals surface area contributed by atoms with Gasteiger partial charge in [0.05, 0.1) is 11.8 Å². The van der Waals surface area contributed by atoms with Crippen molar-refractivity contribution in [2.45, 2.75) is 31.7 Å². The van der Waals surface area contributed by atoms with Gasteiger partial charge in [-0.2, -0.15) is 0 Å². The Labute approximate surface area is 148 Å². The predicted octanol–water partition coefficient (Wildman–Crippen LogP) is 2.17. The zero-order valence-corrected chi connectivity index (χ0v) is 14.7. The summed E-state index contributed by atoms with van der Waals surface area (Å²) in [5.41, 5.74) is 0.758. The summed E-state index contributed by atoms with van der Waals surface area (Å²) in [6, 6.07) is 7.07. The number of nitrogens with zero attached hydrogens (tertiary/aromatic N) is 1. The van der Waals surface area contributed by atoms with Gasteiger partial charge in [0.15, 0.2) is 0 Å². The third-order valence-corrected chi connectivity index (χ3v) is 5.27. The number of carbonyl (C=O) groups excluding carboxylic acids is 2. The SMILES string of the molecule is O=C(N[C@H]1CCC[C@H]1C(=O)O)C1CC(=O)N(c2cccc(Br)c2)C1. The molecule has 1 heterocycles. The van der Waals surface area contributed by atoms with Gasteiger partial charge in [0, 0.05) is 29.2 Å². The molecular weight excluding hydrogens is 376 g/mol. The van der Waals surface area contributed by atoms with Crippen molar-refractivity contribution in [3.05, 3.63) is 28.7 Å². The van der Waals surface area contributed by atoms with Crippen molar-refractivity contribution in [2.24, 2.45) is 11.8 Å². The van der Waals surface area contributed by atoms with Gasteiger partial charge in [-0.3, -0.25) is 14.4 Å². The molecule has 2 N–H and O–H groups in total. The quantitative estimate of drug-likeness (QED) is 0.818. The Morgan fingerprint density at radius 3 is 2.79 bits per heavy atom. The number of hydrogen-bond acceptors (Lipinski definition) is 3. The highest BCUT2D eigenvalue weighted by Crippen LogP contribution is 2.29. The maximum absolute atomic E-state index is 12.5. The van der Waals surface area contributed by atoms with Crippen LogP contribution in [0.4, 0.5) is 5.69 Å². The molecular formula is C17H19BrN2O4. The molecule has 24 heavy (non-hydrogen) atoms. The third-order valence-electron chi connectivity index (χ3n) is 4.78. The molecule has 1 aliphatic heterocycles. The Bertz CT molecular complexity index is 678. The van der Waals surface area contributed by atoms with Gasteiger partial charge >= 0.3 is 5.97 Å². The minimum atomic E-state index is -0.865. The first-order valence-corrected chi connectivity index (χ1v) is 8.84. The second kappa shape index (κ2) is 6.93. The normalized spacial score (nSPS) is 26.6. The van der Waals surface area contributed by atoms with Crippen LogP contribution >= 0.6 is 15.9 Å². The fourth-order valence-electron chi connectivity index (χ4n) is 3.51. The maximum Gasteiger partial charge on any atom is 0.308 e. The Hall–Kier alpha value is -1.89. The molecule has 0 radical (unpaired) electrons. The van der Waals surface area contributed by atoms with Gasteiger partial charge in [-0.15, -0.1) is 0 Å². The van der Waals surface area contributed by atoms with Crippen LogP contribution in [0.1, 0.15) is 25.7 Å². The highest BCUT2D eigenvalue weighted by molar-refractivity contribution is 9.10. The topological polar surface area (TPSA) is 86.7 Å². The van der Waals surface area contributed by atoms with Crippen LogP contribution in [-0.2, 0) is 14.4 Å². The molecule has 0 aromatic heterocycles. The number of hydrogen-bond donors (Lipinski definition) is 2. The molecule has 3 atom stereocenters. The molecule has 1 saturated heterocycles. The molecule has 1 unspecified atom stereocenters. The molecule has 3 rings (SSSR count).